The summed E-state index contributed by atoms with van der Waals surface area (Å²) in [6.07, 6.45) is 2.15. The maximum Gasteiger partial charge on any atom is 0.304 e. The van der Waals surface area contributed by atoms with Gasteiger partial charge in [0.25, 0.3) is 0 Å². The number of carboxylic acid groups (broad SMARTS) is 1. The van der Waals surface area contributed by atoms with Crippen LogP contribution >= 0.6 is 0 Å². The van der Waals surface area contributed by atoms with Crippen molar-refractivity contribution in [1.82, 2.24) is 5.32 Å². The smallest absolute Gasteiger partial charge is 0.304 e. The summed E-state index contributed by atoms with van der Waals surface area (Å²) in [7, 11) is 0. The van der Waals surface area contributed by atoms with Gasteiger partial charge in [-0.3, -0.25) is 4.79 Å². The number of rotatable bonds is 10. The van der Waals surface area contributed by atoms with Crippen molar-refractivity contribution in [2.24, 2.45) is 0 Å². The number of carboxylic acids is 1. The van der Waals surface area contributed by atoms with Crippen molar-refractivity contribution >= 4 is 16.7 Å². The molecular weight excluding hydrogens is 338 g/mol. The molecule has 0 aliphatic carbocycles. The summed E-state index contributed by atoms with van der Waals surface area (Å²) in [6.45, 7) is 1.84. The van der Waals surface area contributed by atoms with Crippen molar-refractivity contribution < 1.29 is 14.6 Å². The van der Waals surface area contributed by atoms with Gasteiger partial charge in [0.1, 0.15) is 5.75 Å². The molecule has 0 aliphatic heterocycles. The van der Waals surface area contributed by atoms with E-state index < -0.39 is 5.97 Å². The molecule has 4 heteroatoms. The largest absolute Gasteiger partial charge is 0.494 e. The zero-order chi connectivity index (χ0) is 18.9. The maximum atomic E-state index is 10.5. The molecule has 3 aromatic carbocycles. The summed E-state index contributed by atoms with van der Waals surface area (Å²) in [5.74, 6) is 0.111. The Morgan fingerprint density at radius 2 is 1.70 bits per heavy atom. The molecule has 27 heavy (non-hydrogen) atoms. The van der Waals surface area contributed by atoms with Gasteiger partial charge in [0.15, 0.2) is 0 Å². The van der Waals surface area contributed by atoms with Gasteiger partial charge >= 0.3 is 5.97 Å². The molecule has 0 heterocycles. The van der Waals surface area contributed by atoms with Crippen molar-refractivity contribution in [2.75, 3.05) is 13.2 Å². The average Bonchev–Trinajstić information content (AvgIpc) is 2.69. The molecule has 0 saturated carbocycles. The van der Waals surface area contributed by atoms with Gasteiger partial charge in [-0.05, 0) is 52.9 Å². The second kappa shape index (κ2) is 9.74. The Labute approximate surface area is 159 Å². The van der Waals surface area contributed by atoms with Crippen LogP contribution < -0.4 is 10.1 Å². The van der Waals surface area contributed by atoms with Crippen molar-refractivity contribution in [2.45, 2.75) is 25.8 Å². The number of aliphatic carboxylic acids is 1. The summed E-state index contributed by atoms with van der Waals surface area (Å²) in [4.78, 5) is 10.5. The first kappa shape index (κ1) is 18.9. The minimum atomic E-state index is -0.780. The van der Waals surface area contributed by atoms with E-state index in [2.05, 4.69) is 59.9 Å². The molecule has 0 bridgehead atoms. The molecule has 0 aromatic heterocycles. The molecule has 0 unspecified atom stereocenters. The van der Waals surface area contributed by atoms with E-state index in [1.54, 1.807) is 0 Å². The highest BCUT2D eigenvalue weighted by molar-refractivity contribution is 5.84. The molecule has 2 N–H and O–H groups in total. The standard InChI is InChI=1S/C23H25NO3/c25-23(26)12-13-24-17-19-8-9-21-16-22(11-10-20(21)15-19)27-14-4-7-18-5-2-1-3-6-18/h1-3,5-6,8-11,15-16,24H,4,7,12-14,17H2,(H,25,26). The van der Waals surface area contributed by atoms with Crippen LogP contribution in [-0.4, -0.2) is 24.2 Å². The topological polar surface area (TPSA) is 58.6 Å². The van der Waals surface area contributed by atoms with Crippen molar-refractivity contribution in [3.05, 3.63) is 77.9 Å². The number of aryl methyl sites for hydroxylation is 1. The maximum absolute atomic E-state index is 10.5. The molecule has 0 fully saturated rings. The second-order valence-corrected chi connectivity index (χ2v) is 6.60. The Bertz CT molecular complexity index is 877. The molecule has 3 rings (SSSR count). The number of fused-ring (bicyclic) bond motifs is 1. The average molecular weight is 363 g/mol. The van der Waals surface area contributed by atoms with Gasteiger partial charge < -0.3 is 15.2 Å². The number of hydrogen-bond acceptors (Lipinski definition) is 3. The van der Waals surface area contributed by atoms with Gasteiger partial charge in [0, 0.05) is 13.1 Å². The molecule has 0 spiro atoms. The summed E-state index contributed by atoms with van der Waals surface area (Å²) < 4.78 is 5.90. The van der Waals surface area contributed by atoms with Gasteiger partial charge in [-0.2, -0.15) is 0 Å². The first-order chi connectivity index (χ1) is 13.2. The number of carbonyl (C=O) groups is 1. The van der Waals surface area contributed by atoms with Crippen LogP contribution in [0.4, 0.5) is 0 Å². The molecule has 4 nitrogen and oxygen atoms in total. The third-order valence-corrected chi connectivity index (χ3v) is 4.44. The Hall–Kier alpha value is -2.85. The van der Waals surface area contributed by atoms with E-state index in [1.807, 2.05) is 12.1 Å². The fourth-order valence-electron chi connectivity index (χ4n) is 3.01. The lowest BCUT2D eigenvalue weighted by Gasteiger charge is -2.09. The number of hydrogen-bond donors (Lipinski definition) is 2. The normalized spacial score (nSPS) is 10.8. The van der Waals surface area contributed by atoms with Crippen LogP contribution in [0, 0.1) is 0 Å². The lowest BCUT2D eigenvalue weighted by atomic mass is 10.1. The van der Waals surface area contributed by atoms with E-state index in [0.29, 0.717) is 19.7 Å². The Morgan fingerprint density at radius 3 is 2.52 bits per heavy atom. The van der Waals surface area contributed by atoms with Crippen molar-refractivity contribution in [1.29, 1.82) is 0 Å². The van der Waals surface area contributed by atoms with Gasteiger partial charge in [0.2, 0.25) is 0 Å². The number of ether oxygens (including phenoxy) is 1. The zero-order valence-electron chi connectivity index (χ0n) is 15.4. The molecule has 3 aromatic rings. The van der Waals surface area contributed by atoms with E-state index in [4.69, 9.17) is 9.84 Å². The van der Waals surface area contributed by atoms with E-state index in [-0.39, 0.29) is 6.42 Å². The third-order valence-electron chi connectivity index (χ3n) is 4.44. The highest BCUT2D eigenvalue weighted by Crippen LogP contribution is 2.22. The summed E-state index contributed by atoms with van der Waals surface area (Å²) in [5.41, 5.74) is 2.48. The second-order valence-electron chi connectivity index (χ2n) is 6.60. The summed E-state index contributed by atoms with van der Waals surface area (Å²) in [5, 5.41) is 14.1. The fourth-order valence-corrected chi connectivity index (χ4v) is 3.01. The molecule has 140 valence electrons. The Kier molecular flexibility index (Phi) is 6.83. The SMILES string of the molecule is O=C(O)CCNCc1ccc2cc(OCCCc3ccccc3)ccc2c1. The molecule has 0 atom stereocenters. The molecule has 0 radical (unpaired) electrons. The van der Waals surface area contributed by atoms with Crippen LogP contribution in [0.15, 0.2) is 66.7 Å². The van der Waals surface area contributed by atoms with Crippen molar-refractivity contribution in [3.63, 3.8) is 0 Å². The van der Waals surface area contributed by atoms with Crippen LogP contribution in [0.5, 0.6) is 5.75 Å². The van der Waals surface area contributed by atoms with Crippen LogP contribution in [0.1, 0.15) is 24.0 Å². The minimum absolute atomic E-state index is 0.137. The summed E-state index contributed by atoms with van der Waals surface area (Å²) >= 11 is 0. The molecular formula is C23H25NO3. The van der Waals surface area contributed by atoms with Gasteiger partial charge in [-0.15, -0.1) is 0 Å². The lowest BCUT2D eigenvalue weighted by molar-refractivity contribution is -0.136. The fraction of sp³-hybridized carbons (Fsp3) is 0.261. The third kappa shape index (κ3) is 6.12. The molecule has 0 amide bonds. The van der Waals surface area contributed by atoms with Crippen LogP contribution in [0.3, 0.4) is 0 Å². The van der Waals surface area contributed by atoms with Crippen molar-refractivity contribution in [3.8, 4) is 5.75 Å². The van der Waals surface area contributed by atoms with Crippen LogP contribution in [-0.2, 0) is 17.8 Å². The van der Waals surface area contributed by atoms with E-state index in [1.165, 1.54) is 5.56 Å². The Morgan fingerprint density at radius 1 is 0.926 bits per heavy atom. The van der Waals surface area contributed by atoms with E-state index >= 15 is 0 Å². The minimum Gasteiger partial charge on any atom is -0.494 e. The first-order valence-electron chi connectivity index (χ1n) is 9.33. The quantitative estimate of drug-likeness (QED) is 0.524. The zero-order valence-corrected chi connectivity index (χ0v) is 15.4. The highest BCUT2D eigenvalue weighted by atomic mass is 16.5. The first-order valence-corrected chi connectivity index (χ1v) is 9.33. The Balaban J connectivity index is 1.49. The number of nitrogens with one attached hydrogen (secondary N) is 1. The predicted octanol–water partition coefficient (Wildman–Crippen LogP) is 4.42. The van der Waals surface area contributed by atoms with Gasteiger partial charge in [0.05, 0.1) is 13.0 Å². The van der Waals surface area contributed by atoms with Crippen LogP contribution in [0.2, 0.25) is 0 Å². The van der Waals surface area contributed by atoms with E-state index in [0.717, 1.165) is 34.9 Å². The number of benzene rings is 3. The molecule has 0 saturated heterocycles. The van der Waals surface area contributed by atoms with Crippen LogP contribution in [0.25, 0.3) is 10.8 Å². The van der Waals surface area contributed by atoms with E-state index in [9.17, 15) is 4.79 Å². The molecule has 0 aliphatic rings. The van der Waals surface area contributed by atoms with Gasteiger partial charge in [-0.25, -0.2) is 0 Å². The predicted molar refractivity (Wildman–Crippen MR) is 108 cm³/mol. The summed E-state index contributed by atoms with van der Waals surface area (Å²) in [6, 6.07) is 22.9. The highest BCUT2D eigenvalue weighted by Gasteiger charge is 2.01. The monoisotopic (exact) mass is 363 g/mol. The lowest BCUT2D eigenvalue weighted by Crippen LogP contribution is -2.17. The van der Waals surface area contributed by atoms with Gasteiger partial charge in [-0.1, -0.05) is 48.5 Å².